The molecule has 3 N–H and O–H groups in total. The van der Waals surface area contributed by atoms with Gasteiger partial charge in [-0.15, -0.1) is 11.3 Å². The summed E-state index contributed by atoms with van der Waals surface area (Å²) in [5, 5.41) is 5.35. The van der Waals surface area contributed by atoms with Gasteiger partial charge in [0.25, 0.3) is 0 Å². The summed E-state index contributed by atoms with van der Waals surface area (Å²) in [4.78, 5) is 39.8. The summed E-state index contributed by atoms with van der Waals surface area (Å²) in [6.45, 7) is 2.11. The maximum atomic E-state index is 12.7. The van der Waals surface area contributed by atoms with E-state index in [1.807, 2.05) is 48.2 Å². The zero-order valence-electron chi connectivity index (χ0n) is 18.2. The molecule has 0 saturated carbocycles. The molecule has 1 aromatic carbocycles. The molecule has 0 aliphatic carbocycles. The van der Waals surface area contributed by atoms with E-state index in [-0.39, 0.29) is 12.0 Å². The number of amides is 2. The average molecular weight is 456 g/mol. The molecular weight excluding hydrogens is 430 g/mol. The maximum Gasteiger partial charge on any atom is 0.348 e. The Morgan fingerprint density at radius 3 is 2.44 bits per heavy atom. The Morgan fingerprint density at radius 2 is 1.81 bits per heavy atom. The number of anilines is 4. The number of nitrogen functional groups attached to an aromatic ring is 1. The number of carbonyl (C=O) groups excluding carboxylic acids is 2. The predicted molar refractivity (Wildman–Crippen MR) is 127 cm³/mol. The zero-order valence-corrected chi connectivity index (χ0v) is 19.0. The lowest BCUT2D eigenvalue weighted by atomic mass is 10.2. The highest BCUT2D eigenvalue weighted by molar-refractivity contribution is 7.13. The second kappa shape index (κ2) is 8.87. The minimum absolute atomic E-state index is 0.142. The first kappa shape index (κ1) is 21.6. The molecule has 11 heteroatoms. The Kier molecular flexibility index (Phi) is 5.99. The smallest absolute Gasteiger partial charge is 0.348 e. The summed E-state index contributed by atoms with van der Waals surface area (Å²) in [6, 6.07) is 7.53. The van der Waals surface area contributed by atoms with Crippen LogP contribution in [0.2, 0.25) is 0 Å². The number of rotatable bonds is 4. The van der Waals surface area contributed by atoms with Crippen LogP contribution in [0.25, 0.3) is 10.9 Å². The molecule has 1 aliphatic heterocycles. The number of ether oxygens (including phenoxy) is 1. The third-order valence-corrected chi connectivity index (χ3v) is 6.27. The Labute approximate surface area is 189 Å². The van der Waals surface area contributed by atoms with Crippen molar-refractivity contribution in [3.63, 3.8) is 0 Å². The lowest BCUT2D eigenvalue weighted by Crippen LogP contribution is -2.50. The van der Waals surface area contributed by atoms with Crippen LogP contribution in [-0.4, -0.2) is 74.3 Å². The fourth-order valence-corrected chi connectivity index (χ4v) is 4.49. The fraction of sp³-hybridized carbons (Fsp3) is 0.333. The van der Waals surface area contributed by atoms with Crippen LogP contribution >= 0.6 is 11.3 Å². The first-order valence-corrected chi connectivity index (χ1v) is 11.0. The zero-order chi connectivity index (χ0) is 22.8. The molecule has 0 atom stereocenters. The molecule has 1 saturated heterocycles. The SMILES string of the molecule is COC(=O)c1scc2nc(N)nc(N3CCN(C(=O)Nc4ccc(N(C)C)cc4)CC3)c12. The van der Waals surface area contributed by atoms with Crippen molar-refractivity contribution in [2.75, 3.05) is 68.2 Å². The topological polar surface area (TPSA) is 117 Å². The first-order chi connectivity index (χ1) is 15.4. The molecule has 1 aliphatic rings. The van der Waals surface area contributed by atoms with Gasteiger partial charge in [0.2, 0.25) is 5.95 Å². The Morgan fingerprint density at radius 1 is 1.12 bits per heavy atom. The first-order valence-electron chi connectivity index (χ1n) is 10.1. The van der Waals surface area contributed by atoms with E-state index in [1.165, 1.54) is 18.4 Å². The van der Waals surface area contributed by atoms with Crippen LogP contribution < -0.4 is 20.9 Å². The molecule has 1 fully saturated rings. The van der Waals surface area contributed by atoms with Crippen molar-refractivity contribution < 1.29 is 14.3 Å². The van der Waals surface area contributed by atoms with Crippen LogP contribution in [0.5, 0.6) is 0 Å². The van der Waals surface area contributed by atoms with E-state index in [1.54, 1.807) is 10.3 Å². The van der Waals surface area contributed by atoms with Gasteiger partial charge < -0.3 is 30.5 Å². The normalized spacial score (nSPS) is 13.8. The summed E-state index contributed by atoms with van der Waals surface area (Å²) in [7, 11) is 5.28. The Balaban J connectivity index is 1.46. The molecule has 3 heterocycles. The van der Waals surface area contributed by atoms with Gasteiger partial charge in [-0.3, -0.25) is 0 Å². The number of esters is 1. The van der Waals surface area contributed by atoms with Gasteiger partial charge >= 0.3 is 12.0 Å². The van der Waals surface area contributed by atoms with Crippen LogP contribution in [0.3, 0.4) is 0 Å². The number of nitrogens with two attached hydrogens (primary N) is 1. The molecule has 10 nitrogen and oxygen atoms in total. The highest BCUT2D eigenvalue weighted by atomic mass is 32.1. The molecule has 0 radical (unpaired) electrons. The molecule has 0 spiro atoms. The van der Waals surface area contributed by atoms with E-state index >= 15 is 0 Å². The van der Waals surface area contributed by atoms with Crippen LogP contribution in [0.4, 0.5) is 27.9 Å². The number of hydrogen-bond donors (Lipinski definition) is 2. The fourth-order valence-electron chi connectivity index (χ4n) is 3.60. The number of nitrogens with one attached hydrogen (secondary N) is 1. The molecular formula is C21H25N7O3S. The second-order valence-corrected chi connectivity index (χ2v) is 8.45. The summed E-state index contributed by atoms with van der Waals surface area (Å²) in [5.41, 5.74) is 8.32. The molecule has 32 heavy (non-hydrogen) atoms. The van der Waals surface area contributed by atoms with E-state index < -0.39 is 5.97 Å². The Hall–Kier alpha value is -3.60. The summed E-state index contributed by atoms with van der Waals surface area (Å²) in [6.07, 6.45) is 0. The standard InChI is InChI=1S/C21H25N7O3S/c1-26(2)14-6-4-13(5-7-14)23-21(30)28-10-8-27(9-11-28)18-16-15(24-20(22)25-18)12-32-17(16)19(29)31-3/h4-7,12H,8-11H2,1-3H3,(H2,22,24)(H,23,30). The number of benzene rings is 1. The van der Waals surface area contributed by atoms with Crippen molar-refractivity contribution in [1.29, 1.82) is 0 Å². The van der Waals surface area contributed by atoms with Gasteiger partial charge in [0.15, 0.2) is 0 Å². The van der Waals surface area contributed by atoms with Crippen molar-refractivity contribution >= 4 is 57.4 Å². The monoisotopic (exact) mass is 455 g/mol. The summed E-state index contributed by atoms with van der Waals surface area (Å²) >= 11 is 1.25. The van der Waals surface area contributed by atoms with Crippen molar-refractivity contribution in [2.45, 2.75) is 0 Å². The van der Waals surface area contributed by atoms with Gasteiger partial charge in [-0.1, -0.05) is 0 Å². The lowest BCUT2D eigenvalue weighted by molar-refractivity contribution is 0.0608. The summed E-state index contributed by atoms with van der Waals surface area (Å²) < 4.78 is 4.90. The highest BCUT2D eigenvalue weighted by Gasteiger charge is 2.27. The van der Waals surface area contributed by atoms with Gasteiger partial charge in [0.05, 0.1) is 18.0 Å². The van der Waals surface area contributed by atoms with E-state index in [9.17, 15) is 9.59 Å². The van der Waals surface area contributed by atoms with E-state index in [0.29, 0.717) is 47.8 Å². The van der Waals surface area contributed by atoms with Gasteiger partial charge in [-0.25, -0.2) is 14.6 Å². The van der Waals surface area contributed by atoms with Crippen LogP contribution in [-0.2, 0) is 4.74 Å². The van der Waals surface area contributed by atoms with E-state index in [0.717, 1.165) is 11.4 Å². The number of carbonyl (C=O) groups is 2. The van der Waals surface area contributed by atoms with Gasteiger partial charge in [-0.05, 0) is 24.3 Å². The molecule has 168 valence electrons. The van der Waals surface area contributed by atoms with Gasteiger partial charge in [-0.2, -0.15) is 4.98 Å². The number of fused-ring (bicyclic) bond motifs is 1. The number of urea groups is 1. The molecule has 0 unspecified atom stereocenters. The largest absolute Gasteiger partial charge is 0.465 e. The van der Waals surface area contributed by atoms with Crippen molar-refractivity contribution in [3.8, 4) is 0 Å². The van der Waals surface area contributed by atoms with Gasteiger partial charge in [0.1, 0.15) is 10.7 Å². The average Bonchev–Trinajstić information content (AvgIpc) is 3.22. The molecule has 2 amide bonds. The van der Waals surface area contributed by atoms with Crippen LogP contribution in [0.15, 0.2) is 29.6 Å². The number of aromatic nitrogens is 2. The maximum absolute atomic E-state index is 12.7. The second-order valence-electron chi connectivity index (χ2n) is 7.57. The van der Waals surface area contributed by atoms with Crippen molar-refractivity contribution in [2.24, 2.45) is 0 Å². The van der Waals surface area contributed by atoms with Gasteiger partial charge in [0, 0.05) is 57.0 Å². The number of thiophene rings is 1. The minimum Gasteiger partial charge on any atom is -0.465 e. The number of piperazine rings is 1. The highest BCUT2D eigenvalue weighted by Crippen LogP contribution is 2.33. The summed E-state index contributed by atoms with van der Waals surface area (Å²) in [5.74, 6) is 0.300. The van der Waals surface area contributed by atoms with E-state index in [2.05, 4.69) is 15.3 Å². The van der Waals surface area contributed by atoms with Crippen LogP contribution in [0.1, 0.15) is 9.67 Å². The number of nitrogens with zero attached hydrogens (tertiary/aromatic N) is 5. The van der Waals surface area contributed by atoms with Crippen molar-refractivity contribution in [3.05, 3.63) is 34.5 Å². The minimum atomic E-state index is -0.432. The van der Waals surface area contributed by atoms with Crippen LogP contribution in [0, 0.1) is 0 Å². The van der Waals surface area contributed by atoms with E-state index in [4.69, 9.17) is 10.5 Å². The Bertz CT molecular complexity index is 1140. The van der Waals surface area contributed by atoms with Crippen molar-refractivity contribution in [1.82, 2.24) is 14.9 Å². The molecule has 0 bridgehead atoms. The predicted octanol–water partition coefficient (Wildman–Crippen LogP) is 2.48. The molecule has 4 rings (SSSR count). The number of methoxy groups -OCH3 is 1. The molecule has 3 aromatic rings. The lowest BCUT2D eigenvalue weighted by Gasteiger charge is -2.35. The quantitative estimate of drug-likeness (QED) is 0.576. The molecule has 2 aromatic heterocycles. The third kappa shape index (κ3) is 4.24. The number of hydrogen-bond acceptors (Lipinski definition) is 9. The third-order valence-electron chi connectivity index (χ3n) is 5.32.